The molecule has 1 atom stereocenters. The van der Waals surface area contributed by atoms with Crippen molar-refractivity contribution in [2.45, 2.75) is 25.5 Å². The summed E-state index contributed by atoms with van der Waals surface area (Å²) in [6.45, 7) is 5.26. The number of allylic oxidation sites excluding steroid dienone is 1. The van der Waals surface area contributed by atoms with Gasteiger partial charge in [-0.15, -0.1) is 17.9 Å². The van der Waals surface area contributed by atoms with Crippen LogP contribution >= 0.6 is 27.3 Å². The van der Waals surface area contributed by atoms with Crippen molar-refractivity contribution < 1.29 is 5.11 Å². The van der Waals surface area contributed by atoms with Gasteiger partial charge < -0.3 is 5.11 Å². The number of thiophene rings is 1. The second kappa shape index (κ2) is 7.22. The Balaban J connectivity index is 2.29. The number of hydrogen-bond donors (Lipinski definition) is 1. The van der Waals surface area contributed by atoms with Crippen LogP contribution in [-0.4, -0.2) is 29.7 Å². The SMILES string of the molecule is C=CCCC(O)CN(C)Cc1cc(Br)cs1. The Hall–Kier alpha value is -0.160. The molecule has 1 heterocycles. The van der Waals surface area contributed by atoms with Gasteiger partial charge >= 0.3 is 0 Å². The molecule has 16 heavy (non-hydrogen) atoms. The van der Waals surface area contributed by atoms with Crippen LogP contribution in [0.4, 0.5) is 0 Å². The number of aliphatic hydroxyl groups is 1. The molecule has 1 N–H and O–H groups in total. The van der Waals surface area contributed by atoms with E-state index < -0.39 is 0 Å². The Morgan fingerprint density at radius 1 is 1.69 bits per heavy atom. The fraction of sp³-hybridized carbons (Fsp3) is 0.500. The first kappa shape index (κ1) is 13.9. The van der Waals surface area contributed by atoms with Crippen LogP contribution in [0.15, 0.2) is 28.6 Å². The summed E-state index contributed by atoms with van der Waals surface area (Å²) in [4.78, 5) is 3.46. The average molecular weight is 304 g/mol. The van der Waals surface area contributed by atoms with Crippen molar-refractivity contribution in [3.63, 3.8) is 0 Å². The maximum Gasteiger partial charge on any atom is 0.0670 e. The number of nitrogens with zero attached hydrogens (tertiary/aromatic N) is 1. The zero-order valence-electron chi connectivity index (χ0n) is 9.53. The standard InChI is InChI=1S/C12H18BrNOS/c1-3-4-5-11(15)7-14(2)8-12-6-10(13)9-16-12/h3,6,9,11,15H,1,4-5,7-8H2,2H3. The lowest BCUT2D eigenvalue weighted by molar-refractivity contribution is 0.116. The average Bonchev–Trinajstić information content (AvgIpc) is 2.60. The molecular formula is C12H18BrNOS. The molecule has 1 aromatic heterocycles. The predicted molar refractivity (Wildman–Crippen MR) is 73.8 cm³/mol. The summed E-state index contributed by atoms with van der Waals surface area (Å²) < 4.78 is 1.13. The maximum absolute atomic E-state index is 9.74. The van der Waals surface area contributed by atoms with E-state index in [9.17, 15) is 5.11 Å². The molecule has 2 nitrogen and oxygen atoms in total. The molecule has 0 saturated heterocycles. The van der Waals surface area contributed by atoms with Crippen LogP contribution in [0.2, 0.25) is 0 Å². The lowest BCUT2D eigenvalue weighted by atomic mass is 10.2. The Labute approximate surface area is 110 Å². The second-order valence-electron chi connectivity index (χ2n) is 3.95. The molecule has 1 unspecified atom stereocenters. The van der Waals surface area contributed by atoms with Crippen molar-refractivity contribution in [3.8, 4) is 0 Å². The largest absolute Gasteiger partial charge is 0.392 e. The minimum absolute atomic E-state index is 0.258. The van der Waals surface area contributed by atoms with E-state index in [0.717, 1.165) is 23.9 Å². The van der Waals surface area contributed by atoms with E-state index in [2.05, 4.69) is 38.9 Å². The molecule has 0 aliphatic rings. The van der Waals surface area contributed by atoms with E-state index in [0.29, 0.717) is 6.54 Å². The summed E-state index contributed by atoms with van der Waals surface area (Å²) in [6, 6.07) is 2.12. The molecule has 0 bridgehead atoms. The molecule has 0 spiro atoms. The Bertz CT molecular complexity index is 327. The van der Waals surface area contributed by atoms with Crippen molar-refractivity contribution in [2.24, 2.45) is 0 Å². The molecule has 0 amide bonds. The number of aliphatic hydroxyl groups excluding tert-OH is 1. The van der Waals surface area contributed by atoms with Crippen LogP contribution in [0.25, 0.3) is 0 Å². The topological polar surface area (TPSA) is 23.5 Å². The molecule has 4 heteroatoms. The Morgan fingerprint density at radius 3 is 3.00 bits per heavy atom. The van der Waals surface area contributed by atoms with Crippen molar-refractivity contribution in [1.29, 1.82) is 0 Å². The van der Waals surface area contributed by atoms with Gasteiger partial charge in [0.1, 0.15) is 0 Å². The highest BCUT2D eigenvalue weighted by Crippen LogP contribution is 2.20. The molecule has 0 aliphatic carbocycles. The van der Waals surface area contributed by atoms with Crippen LogP contribution < -0.4 is 0 Å². The first-order valence-electron chi connectivity index (χ1n) is 5.32. The lowest BCUT2D eigenvalue weighted by Crippen LogP contribution is -2.28. The lowest BCUT2D eigenvalue weighted by Gasteiger charge is -2.19. The number of halogens is 1. The molecule has 0 saturated carbocycles. The highest BCUT2D eigenvalue weighted by molar-refractivity contribution is 9.10. The van der Waals surface area contributed by atoms with Gasteiger partial charge in [-0.3, -0.25) is 4.90 Å². The van der Waals surface area contributed by atoms with E-state index in [1.54, 1.807) is 11.3 Å². The maximum atomic E-state index is 9.74. The second-order valence-corrected chi connectivity index (χ2v) is 5.86. The molecule has 1 rings (SSSR count). The van der Waals surface area contributed by atoms with E-state index in [1.807, 2.05) is 13.1 Å². The van der Waals surface area contributed by atoms with Gasteiger partial charge in [0.25, 0.3) is 0 Å². The molecule has 0 fully saturated rings. The predicted octanol–water partition coefficient (Wildman–Crippen LogP) is 3.27. The first-order chi connectivity index (χ1) is 7.61. The quantitative estimate of drug-likeness (QED) is 0.782. The zero-order chi connectivity index (χ0) is 12.0. The summed E-state index contributed by atoms with van der Waals surface area (Å²) in [7, 11) is 2.03. The van der Waals surface area contributed by atoms with Crippen LogP contribution in [0.5, 0.6) is 0 Å². The van der Waals surface area contributed by atoms with Crippen molar-refractivity contribution in [1.82, 2.24) is 4.90 Å². The molecule has 0 aromatic carbocycles. The van der Waals surface area contributed by atoms with Gasteiger partial charge in [-0.2, -0.15) is 0 Å². The monoisotopic (exact) mass is 303 g/mol. The zero-order valence-corrected chi connectivity index (χ0v) is 11.9. The summed E-state index contributed by atoms with van der Waals surface area (Å²) in [5, 5.41) is 11.8. The fourth-order valence-electron chi connectivity index (χ4n) is 1.53. The normalized spacial score (nSPS) is 13.0. The van der Waals surface area contributed by atoms with Gasteiger partial charge in [-0.1, -0.05) is 6.08 Å². The Kier molecular flexibility index (Phi) is 6.28. The highest BCUT2D eigenvalue weighted by Gasteiger charge is 2.08. The van der Waals surface area contributed by atoms with E-state index in [-0.39, 0.29) is 6.10 Å². The summed E-state index contributed by atoms with van der Waals surface area (Å²) in [6.07, 6.45) is 3.26. The van der Waals surface area contributed by atoms with Gasteiger partial charge in [0.05, 0.1) is 6.10 Å². The number of rotatable bonds is 7. The van der Waals surface area contributed by atoms with E-state index in [4.69, 9.17) is 0 Å². The highest BCUT2D eigenvalue weighted by atomic mass is 79.9. The third-order valence-electron chi connectivity index (χ3n) is 2.27. The van der Waals surface area contributed by atoms with E-state index >= 15 is 0 Å². The van der Waals surface area contributed by atoms with Crippen LogP contribution in [-0.2, 0) is 6.54 Å². The summed E-state index contributed by atoms with van der Waals surface area (Å²) in [5.74, 6) is 0. The minimum atomic E-state index is -0.258. The molecular weight excluding hydrogens is 286 g/mol. The van der Waals surface area contributed by atoms with Gasteiger partial charge in [-0.05, 0) is 41.9 Å². The van der Waals surface area contributed by atoms with E-state index in [1.165, 1.54) is 4.88 Å². The number of hydrogen-bond acceptors (Lipinski definition) is 3. The van der Waals surface area contributed by atoms with Gasteiger partial charge in [0.15, 0.2) is 0 Å². The molecule has 1 aromatic rings. The molecule has 0 radical (unpaired) electrons. The molecule has 0 aliphatic heterocycles. The summed E-state index contributed by atoms with van der Waals surface area (Å²) in [5.41, 5.74) is 0. The van der Waals surface area contributed by atoms with Gasteiger partial charge in [-0.25, -0.2) is 0 Å². The van der Waals surface area contributed by atoms with Crippen molar-refractivity contribution in [2.75, 3.05) is 13.6 Å². The summed E-state index contributed by atoms with van der Waals surface area (Å²) >= 11 is 5.18. The fourth-order valence-corrected chi connectivity index (χ4v) is 3.06. The van der Waals surface area contributed by atoms with Crippen LogP contribution in [0.1, 0.15) is 17.7 Å². The van der Waals surface area contributed by atoms with Gasteiger partial charge in [0.2, 0.25) is 0 Å². The van der Waals surface area contributed by atoms with Crippen LogP contribution in [0.3, 0.4) is 0 Å². The minimum Gasteiger partial charge on any atom is -0.392 e. The number of likely N-dealkylation sites (N-methyl/N-ethyl adjacent to an activating group) is 1. The van der Waals surface area contributed by atoms with Crippen molar-refractivity contribution >= 4 is 27.3 Å². The van der Waals surface area contributed by atoms with Crippen LogP contribution in [0, 0.1) is 0 Å². The third kappa shape index (κ3) is 5.25. The molecule has 90 valence electrons. The third-order valence-corrected chi connectivity index (χ3v) is 3.96. The Morgan fingerprint density at radius 2 is 2.44 bits per heavy atom. The smallest absolute Gasteiger partial charge is 0.0670 e. The van der Waals surface area contributed by atoms with Gasteiger partial charge in [0, 0.05) is 27.8 Å². The first-order valence-corrected chi connectivity index (χ1v) is 6.99. The van der Waals surface area contributed by atoms with Crippen molar-refractivity contribution in [3.05, 3.63) is 33.5 Å².